The fourth-order valence-corrected chi connectivity index (χ4v) is 2.62. The number of carbonyl (C=O) groups excluding carboxylic acids is 1. The van der Waals surface area contributed by atoms with Crippen molar-refractivity contribution in [2.24, 2.45) is 5.73 Å². The van der Waals surface area contributed by atoms with Crippen molar-refractivity contribution in [3.8, 4) is 0 Å². The molecule has 7 heteroatoms. The Labute approximate surface area is 134 Å². The highest BCUT2D eigenvalue weighted by atomic mass is 19.4. The number of nitrogens with zero attached hydrogens (tertiary/aromatic N) is 1. The number of alkyl halides is 3. The van der Waals surface area contributed by atoms with Gasteiger partial charge in [0.25, 0.3) is 5.91 Å². The van der Waals surface area contributed by atoms with Crippen molar-refractivity contribution in [1.29, 1.82) is 0 Å². The highest BCUT2D eigenvalue weighted by molar-refractivity contribution is 5.98. The lowest BCUT2D eigenvalue weighted by Crippen LogP contribution is -2.17. The van der Waals surface area contributed by atoms with Crippen LogP contribution in [0, 0.1) is 5.82 Å². The molecule has 1 amide bonds. The first-order valence-electron chi connectivity index (χ1n) is 7.00. The molecule has 2 aromatic carbocycles. The fourth-order valence-electron chi connectivity index (χ4n) is 2.62. The van der Waals surface area contributed by atoms with E-state index in [9.17, 15) is 22.4 Å². The number of amides is 1. The van der Waals surface area contributed by atoms with E-state index >= 15 is 0 Å². The summed E-state index contributed by atoms with van der Waals surface area (Å²) in [5.74, 6) is -1.24. The highest BCUT2D eigenvalue weighted by Gasteiger charge is 2.31. The van der Waals surface area contributed by atoms with Gasteiger partial charge in [-0.25, -0.2) is 4.39 Å². The van der Waals surface area contributed by atoms with Crippen molar-refractivity contribution in [3.63, 3.8) is 0 Å². The average Bonchev–Trinajstić information content (AvgIpc) is 2.85. The van der Waals surface area contributed by atoms with Crippen molar-refractivity contribution in [1.82, 2.24) is 4.57 Å². The van der Waals surface area contributed by atoms with Crippen LogP contribution in [0.5, 0.6) is 0 Å². The van der Waals surface area contributed by atoms with Crippen LogP contribution in [0.3, 0.4) is 0 Å². The molecule has 0 aliphatic carbocycles. The molecule has 0 aliphatic rings. The van der Waals surface area contributed by atoms with E-state index in [2.05, 4.69) is 0 Å². The van der Waals surface area contributed by atoms with E-state index in [1.54, 1.807) is 6.07 Å². The summed E-state index contributed by atoms with van der Waals surface area (Å²) in [6, 6.07) is 10.2. The van der Waals surface area contributed by atoms with E-state index in [1.165, 1.54) is 34.9 Å². The molecule has 0 atom stereocenters. The Morgan fingerprint density at radius 3 is 2.46 bits per heavy atom. The fraction of sp³-hybridized carbons (Fsp3) is 0.118. The number of rotatable bonds is 3. The van der Waals surface area contributed by atoms with Crippen molar-refractivity contribution in [3.05, 3.63) is 71.2 Å². The van der Waals surface area contributed by atoms with E-state index in [0.717, 1.165) is 12.1 Å². The molecular weight excluding hydrogens is 324 g/mol. The minimum absolute atomic E-state index is 0.0286. The molecule has 0 aliphatic heterocycles. The second-order valence-corrected chi connectivity index (χ2v) is 5.38. The zero-order valence-electron chi connectivity index (χ0n) is 12.3. The van der Waals surface area contributed by atoms with Gasteiger partial charge in [-0.05, 0) is 35.9 Å². The molecule has 0 saturated carbocycles. The summed E-state index contributed by atoms with van der Waals surface area (Å²) >= 11 is 0. The van der Waals surface area contributed by atoms with Gasteiger partial charge in [0.15, 0.2) is 0 Å². The summed E-state index contributed by atoms with van der Waals surface area (Å²) in [5.41, 5.74) is 5.28. The Balaban J connectivity index is 2.18. The van der Waals surface area contributed by atoms with Gasteiger partial charge >= 0.3 is 6.18 Å². The molecule has 1 heterocycles. The lowest BCUT2D eigenvalue weighted by molar-refractivity contribution is -0.137. The molecule has 0 spiro atoms. The average molecular weight is 336 g/mol. The van der Waals surface area contributed by atoms with E-state index < -0.39 is 23.5 Å². The standard InChI is InChI=1S/C17H12F4N2O/c18-13-3-1-2-10(6-13)9-23-14-8-12(17(19,20)21)5-4-11(14)7-15(23)16(22)24/h1-8H,9H2,(H2,22,24). The first-order chi connectivity index (χ1) is 11.3. The normalized spacial score (nSPS) is 11.8. The molecule has 0 saturated heterocycles. The summed E-state index contributed by atoms with van der Waals surface area (Å²) in [7, 11) is 0. The molecule has 24 heavy (non-hydrogen) atoms. The number of benzene rings is 2. The van der Waals surface area contributed by atoms with Crippen LogP contribution in [0.4, 0.5) is 17.6 Å². The molecule has 124 valence electrons. The molecule has 3 aromatic rings. The van der Waals surface area contributed by atoms with Crippen LogP contribution in [-0.4, -0.2) is 10.5 Å². The topological polar surface area (TPSA) is 48.0 Å². The van der Waals surface area contributed by atoms with Gasteiger partial charge in [0.05, 0.1) is 5.56 Å². The molecule has 0 bridgehead atoms. The van der Waals surface area contributed by atoms with Crippen LogP contribution in [-0.2, 0) is 12.7 Å². The number of fused-ring (bicyclic) bond motifs is 1. The third kappa shape index (κ3) is 2.97. The van der Waals surface area contributed by atoms with Crippen molar-refractivity contribution in [2.45, 2.75) is 12.7 Å². The third-order valence-electron chi connectivity index (χ3n) is 3.71. The monoisotopic (exact) mass is 336 g/mol. The summed E-state index contributed by atoms with van der Waals surface area (Å²) < 4.78 is 53.5. The van der Waals surface area contributed by atoms with E-state index in [4.69, 9.17) is 5.73 Å². The Morgan fingerprint density at radius 1 is 1.08 bits per heavy atom. The van der Waals surface area contributed by atoms with Gasteiger partial charge in [0.2, 0.25) is 0 Å². The van der Waals surface area contributed by atoms with E-state index in [-0.39, 0.29) is 17.8 Å². The van der Waals surface area contributed by atoms with Gasteiger partial charge in [-0.15, -0.1) is 0 Å². The predicted octanol–water partition coefficient (Wildman–Crippen LogP) is 3.95. The maximum atomic E-state index is 13.3. The predicted molar refractivity (Wildman–Crippen MR) is 81.0 cm³/mol. The Morgan fingerprint density at radius 2 is 1.83 bits per heavy atom. The first kappa shape index (κ1) is 16.0. The molecule has 2 N–H and O–H groups in total. The maximum absolute atomic E-state index is 13.3. The van der Waals surface area contributed by atoms with Crippen LogP contribution in [0.1, 0.15) is 21.6 Å². The van der Waals surface area contributed by atoms with Gasteiger partial charge in [-0.2, -0.15) is 13.2 Å². The van der Waals surface area contributed by atoms with E-state index in [0.29, 0.717) is 10.9 Å². The van der Waals surface area contributed by atoms with Crippen LogP contribution >= 0.6 is 0 Å². The third-order valence-corrected chi connectivity index (χ3v) is 3.71. The minimum Gasteiger partial charge on any atom is -0.364 e. The first-order valence-corrected chi connectivity index (χ1v) is 7.00. The Bertz CT molecular complexity index is 928. The summed E-state index contributed by atoms with van der Waals surface area (Å²) in [6.07, 6.45) is -4.50. The highest BCUT2D eigenvalue weighted by Crippen LogP contribution is 2.32. The molecule has 0 fully saturated rings. The molecule has 3 nitrogen and oxygen atoms in total. The Kier molecular flexibility index (Phi) is 3.79. The maximum Gasteiger partial charge on any atom is 0.416 e. The summed E-state index contributed by atoms with van der Waals surface area (Å²) in [4.78, 5) is 11.6. The van der Waals surface area contributed by atoms with Crippen LogP contribution < -0.4 is 5.73 Å². The summed E-state index contributed by atoms with van der Waals surface area (Å²) in [6.45, 7) is 0.0286. The van der Waals surface area contributed by atoms with Crippen LogP contribution in [0.15, 0.2) is 48.5 Å². The van der Waals surface area contributed by atoms with Gasteiger partial charge < -0.3 is 10.3 Å². The lowest BCUT2D eigenvalue weighted by atomic mass is 10.1. The number of halogens is 4. The summed E-state index contributed by atoms with van der Waals surface area (Å²) in [5, 5.41) is 0.452. The lowest BCUT2D eigenvalue weighted by Gasteiger charge is -2.11. The van der Waals surface area contributed by atoms with Gasteiger partial charge in [-0.3, -0.25) is 4.79 Å². The molecule has 0 radical (unpaired) electrons. The zero-order chi connectivity index (χ0) is 17.5. The number of primary amides is 1. The number of hydrogen-bond donors (Lipinski definition) is 1. The second-order valence-electron chi connectivity index (χ2n) is 5.38. The van der Waals surface area contributed by atoms with E-state index in [1.807, 2.05) is 0 Å². The number of nitrogens with two attached hydrogens (primary N) is 1. The SMILES string of the molecule is NC(=O)c1cc2ccc(C(F)(F)F)cc2n1Cc1cccc(F)c1. The number of carbonyl (C=O) groups is 1. The zero-order valence-corrected chi connectivity index (χ0v) is 12.3. The van der Waals surface area contributed by atoms with Crippen LogP contribution in [0.2, 0.25) is 0 Å². The number of hydrogen-bond acceptors (Lipinski definition) is 1. The molecule has 0 unspecified atom stereocenters. The Hall–Kier alpha value is -2.83. The smallest absolute Gasteiger partial charge is 0.364 e. The second kappa shape index (κ2) is 5.67. The number of aromatic nitrogens is 1. The van der Waals surface area contributed by atoms with Gasteiger partial charge in [0, 0.05) is 17.4 Å². The molecular formula is C17H12F4N2O. The van der Waals surface area contributed by atoms with Gasteiger partial charge in [0.1, 0.15) is 11.5 Å². The van der Waals surface area contributed by atoms with Crippen LogP contribution in [0.25, 0.3) is 10.9 Å². The van der Waals surface area contributed by atoms with Crippen molar-refractivity contribution < 1.29 is 22.4 Å². The molecule has 3 rings (SSSR count). The largest absolute Gasteiger partial charge is 0.416 e. The minimum atomic E-state index is -4.50. The van der Waals surface area contributed by atoms with Gasteiger partial charge in [-0.1, -0.05) is 18.2 Å². The molecule has 1 aromatic heterocycles. The van der Waals surface area contributed by atoms with Crippen molar-refractivity contribution >= 4 is 16.8 Å². The quantitative estimate of drug-likeness (QED) is 0.724. The van der Waals surface area contributed by atoms with Crippen molar-refractivity contribution in [2.75, 3.05) is 0 Å².